The van der Waals surface area contributed by atoms with E-state index in [1.807, 2.05) is 14.1 Å². The lowest BCUT2D eigenvalue weighted by Crippen LogP contribution is -2.14. The maximum absolute atomic E-state index is 5.86. The summed E-state index contributed by atoms with van der Waals surface area (Å²) in [5.41, 5.74) is 0.424. The minimum Gasteiger partial charge on any atom is -0.479 e. The zero-order valence-corrected chi connectivity index (χ0v) is 10.9. The molecule has 7 nitrogen and oxygen atoms in total. The van der Waals surface area contributed by atoms with E-state index in [2.05, 4.69) is 24.9 Å². The van der Waals surface area contributed by atoms with Gasteiger partial charge in [-0.2, -0.15) is 15.0 Å². The first-order valence-electron chi connectivity index (χ1n) is 5.06. The van der Waals surface area contributed by atoms with Gasteiger partial charge in [-0.3, -0.25) is 0 Å². The minimum absolute atomic E-state index is 0.0939. The molecule has 0 N–H and O–H groups in total. The van der Waals surface area contributed by atoms with E-state index in [9.17, 15) is 0 Å². The number of nitrogens with zero attached hydrogens (tertiary/aromatic N) is 6. The second-order valence-electron chi connectivity index (χ2n) is 3.54. The van der Waals surface area contributed by atoms with Gasteiger partial charge in [-0.25, -0.2) is 9.97 Å². The molecule has 18 heavy (non-hydrogen) atoms. The van der Waals surface area contributed by atoms with Gasteiger partial charge in [-0.15, -0.1) is 0 Å². The molecule has 0 bridgehead atoms. The number of methoxy groups -OCH3 is 1. The third-order valence-electron chi connectivity index (χ3n) is 2.07. The highest BCUT2D eigenvalue weighted by molar-refractivity contribution is 6.28. The van der Waals surface area contributed by atoms with Crippen molar-refractivity contribution in [3.8, 4) is 17.4 Å². The molecular formula is C10H11ClN6O. The van der Waals surface area contributed by atoms with Crippen molar-refractivity contribution in [1.29, 1.82) is 0 Å². The number of hydrogen-bond donors (Lipinski definition) is 0. The van der Waals surface area contributed by atoms with Crippen molar-refractivity contribution in [3.63, 3.8) is 0 Å². The van der Waals surface area contributed by atoms with Crippen molar-refractivity contribution in [2.75, 3.05) is 26.1 Å². The van der Waals surface area contributed by atoms with Gasteiger partial charge in [-0.1, -0.05) is 0 Å². The summed E-state index contributed by atoms with van der Waals surface area (Å²) in [7, 11) is 5.12. The first-order valence-corrected chi connectivity index (χ1v) is 5.44. The van der Waals surface area contributed by atoms with Gasteiger partial charge >= 0.3 is 0 Å². The summed E-state index contributed by atoms with van der Waals surface area (Å²) in [6, 6.07) is 0. The molecule has 0 atom stereocenters. The SMILES string of the molecule is COc1nccnc1-c1nc(Cl)nc(N(C)C)n1. The Morgan fingerprint density at radius 1 is 1.11 bits per heavy atom. The standard InChI is InChI=1S/C10H11ClN6O/c1-17(2)10-15-7(14-9(11)16-10)6-8(18-3)13-5-4-12-6/h4-5H,1-3H3. The molecule has 0 aliphatic heterocycles. The smallest absolute Gasteiger partial charge is 0.243 e. The summed E-state index contributed by atoms with van der Waals surface area (Å²) in [6.07, 6.45) is 3.06. The van der Waals surface area contributed by atoms with Crippen LogP contribution in [0, 0.1) is 0 Å². The Labute approximate surface area is 109 Å². The third kappa shape index (κ3) is 2.45. The average molecular weight is 267 g/mol. The first-order chi connectivity index (χ1) is 8.61. The van der Waals surface area contributed by atoms with Crippen molar-refractivity contribution < 1.29 is 4.74 Å². The molecule has 0 fully saturated rings. The molecule has 8 heteroatoms. The molecule has 0 saturated carbocycles. The van der Waals surface area contributed by atoms with Crippen LogP contribution in [0.4, 0.5) is 5.95 Å². The third-order valence-corrected chi connectivity index (χ3v) is 2.24. The highest BCUT2D eigenvalue weighted by Gasteiger charge is 2.14. The van der Waals surface area contributed by atoms with Crippen LogP contribution in [0.1, 0.15) is 0 Å². The molecule has 94 valence electrons. The van der Waals surface area contributed by atoms with Crippen molar-refractivity contribution in [2.24, 2.45) is 0 Å². The molecule has 2 aromatic heterocycles. The number of anilines is 1. The molecule has 0 aliphatic carbocycles. The normalized spacial score (nSPS) is 10.2. The van der Waals surface area contributed by atoms with Crippen molar-refractivity contribution in [3.05, 3.63) is 17.7 Å². The molecule has 0 radical (unpaired) electrons. The van der Waals surface area contributed by atoms with Crippen molar-refractivity contribution in [1.82, 2.24) is 24.9 Å². The van der Waals surface area contributed by atoms with Crippen LogP contribution in [0.15, 0.2) is 12.4 Å². The molecule has 0 aliphatic rings. The predicted octanol–water partition coefficient (Wildman–Crippen LogP) is 1.06. The molecule has 0 unspecified atom stereocenters. The summed E-state index contributed by atoms with van der Waals surface area (Å²) >= 11 is 5.86. The fourth-order valence-corrected chi connectivity index (χ4v) is 1.43. The predicted molar refractivity (Wildman–Crippen MR) is 66.7 cm³/mol. The van der Waals surface area contributed by atoms with Gasteiger partial charge in [0.2, 0.25) is 17.1 Å². The lowest BCUT2D eigenvalue weighted by atomic mass is 10.4. The lowest BCUT2D eigenvalue weighted by Gasteiger charge is -2.11. The Kier molecular flexibility index (Phi) is 3.52. The fourth-order valence-electron chi connectivity index (χ4n) is 1.27. The van der Waals surface area contributed by atoms with E-state index in [1.54, 1.807) is 4.90 Å². The Balaban J connectivity index is 2.56. The van der Waals surface area contributed by atoms with Gasteiger partial charge in [0.1, 0.15) is 0 Å². The van der Waals surface area contributed by atoms with Gasteiger partial charge in [0.05, 0.1) is 7.11 Å². The summed E-state index contributed by atoms with van der Waals surface area (Å²) in [5, 5.41) is 0.0939. The van der Waals surface area contributed by atoms with Crippen LogP contribution in [0.2, 0.25) is 5.28 Å². The van der Waals surface area contributed by atoms with E-state index in [0.29, 0.717) is 23.3 Å². The van der Waals surface area contributed by atoms with E-state index in [-0.39, 0.29) is 5.28 Å². The van der Waals surface area contributed by atoms with E-state index in [0.717, 1.165) is 0 Å². The summed E-state index contributed by atoms with van der Waals surface area (Å²) in [5.74, 6) is 1.10. The molecule has 2 aromatic rings. The average Bonchev–Trinajstić information content (AvgIpc) is 2.38. The zero-order chi connectivity index (χ0) is 13.1. The minimum atomic E-state index is 0.0939. The fraction of sp³-hybridized carbons (Fsp3) is 0.300. The molecule has 2 heterocycles. The highest BCUT2D eigenvalue weighted by atomic mass is 35.5. The molecule has 2 rings (SSSR count). The van der Waals surface area contributed by atoms with Crippen LogP contribution in [0.5, 0.6) is 5.88 Å². The van der Waals surface area contributed by atoms with E-state index < -0.39 is 0 Å². The van der Waals surface area contributed by atoms with Crippen LogP contribution < -0.4 is 9.64 Å². The van der Waals surface area contributed by atoms with Crippen molar-refractivity contribution in [2.45, 2.75) is 0 Å². The van der Waals surface area contributed by atoms with E-state index in [1.165, 1.54) is 19.5 Å². The number of aromatic nitrogens is 5. The Morgan fingerprint density at radius 3 is 2.50 bits per heavy atom. The molecular weight excluding hydrogens is 256 g/mol. The topological polar surface area (TPSA) is 76.9 Å². The number of halogens is 1. The molecule has 0 spiro atoms. The lowest BCUT2D eigenvalue weighted by molar-refractivity contribution is 0.397. The van der Waals surface area contributed by atoms with Crippen LogP contribution in [0.25, 0.3) is 11.5 Å². The summed E-state index contributed by atoms with van der Waals surface area (Å²) in [6.45, 7) is 0. The van der Waals surface area contributed by atoms with Gasteiger partial charge in [-0.05, 0) is 11.6 Å². The van der Waals surface area contributed by atoms with Gasteiger partial charge in [0.25, 0.3) is 0 Å². The van der Waals surface area contributed by atoms with Crippen LogP contribution in [-0.2, 0) is 0 Å². The highest BCUT2D eigenvalue weighted by Crippen LogP contribution is 2.23. The molecule has 0 aromatic carbocycles. The van der Waals surface area contributed by atoms with Crippen LogP contribution in [-0.4, -0.2) is 46.1 Å². The number of rotatable bonds is 3. The monoisotopic (exact) mass is 266 g/mol. The maximum Gasteiger partial charge on any atom is 0.243 e. The summed E-state index contributed by atoms with van der Waals surface area (Å²) < 4.78 is 5.11. The quantitative estimate of drug-likeness (QED) is 0.822. The maximum atomic E-state index is 5.86. The summed E-state index contributed by atoms with van der Waals surface area (Å²) in [4.78, 5) is 22.2. The van der Waals surface area contributed by atoms with Gasteiger partial charge in [0, 0.05) is 26.5 Å². The molecule has 0 amide bonds. The Bertz CT molecular complexity index is 562. The largest absolute Gasteiger partial charge is 0.479 e. The second-order valence-corrected chi connectivity index (χ2v) is 3.87. The van der Waals surface area contributed by atoms with Gasteiger partial charge < -0.3 is 9.64 Å². The first kappa shape index (κ1) is 12.4. The van der Waals surface area contributed by atoms with Crippen LogP contribution in [0.3, 0.4) is 0 Å². The Morgan fingerprint density at radius 2 is 1.83 bits per heavy atom. The second kappa shape index (κ2) is 5.09. The van der Waals surface area contributed by atoms with E-state index in [4.69, 9.17) is 16.3 Å². The molecule has 0 saturated heterocycles. The number of ether oxygens (including phenoxy) is 1. The number of hydrogen-bond acceptors (Lipinski definition) is 7. The van der Waals surface area contributed by atoms with Crippen LogP contribution >= 0.6 is 11.6 Å². The van der Waals surface area contributed by atoms with Gasteiger partial charge in [0.15, 0.2) is 11.5 Å². The van der Waals surface area contributed by atoms with Crippen molar-refractivity contribution >= 4 is 17.5 Å². The van der Waals surface area contributed by atoms with E-state index >= 15 is 0 Å². The Hall–Kier alpha value is -2.02. The zero-order valence-electron chi connectivity index (χ0n) is 10.1.